The summed E-state index contributed by atoms with van der Waals surface area (Å²) in [5.74, 6) is -0.156. The number of carbonyl (C=O) groups is 1. The maximum Gasteiger partial charge on any atom is 0.320 e. The first-order chi connectivity index (χ1) is 11.7. The van der Waals surface area contributed by atoms with Crippen LogP contribution in [0.4, 0.5) is 0 Å². The fourth-order valence-corrected chi connectivity index (χ4v) is 2.87. The number of esters is 1. The Morgan fingerprint density at radius 3 is 2.04 bits per heavy atom. The van der Waals surface area contributed by atoms with Crippen LogP contribution < -0.4 is 0 Å². The van der Waals surface area contributed by atoms with Gasteiger partial charge in [-0.15, -0.1) is 0 Å². The van der Waals surface area contributed by atoms with Crippen molar-refractivity contribution >= 4 is 5.97 Å². The molecule has 0 spiro atoms. The summed E-state index contributed by atoms with van der Waals surface area (Å²) in [7, 11) is 4.19. The molecule has 0 unspecified atom stereocenters. The first kappa shape index (κ1) is 19.8. The van der Waals surface area contributed by atoms with Crippen molar-refractivity contribution in [2.24, 2.45) is 0 Å². The molecule has 0 radical (unpaired) electrons. The van der Waals surface area contributed by atoms with Crippen molar-refractivity contribution in [3.05, 3.63) is 29.6 Å². The minimum absolute atomic E-state index is 0.156. The molecule has 0 aliphatic carbocycles. The van der Waals surface area contributed by atoms with Gasteiger partial charge in [0.05, 0.1) is 17.9 Å². The summed E-state index contributed by atoms with van der Waals surface area (Å²) >= 11 is 0. The van der Waals surface area contributed by atoms with Crippen molar-refractivity contribution in [1.82, 2.24) is 19.7 Å². The number of ether oxygens (including phenoxy) is 1. The summed E-state index contributed by atoms with van der Waals surface area (Å²) in [4.78, 5) is 23.6. The number of hydrogen-bond donors (Lipinski definition) is 0. The SMILES string of the molecule is CN1CCN(CC(=O)OC(C)(C)C)CCN(C)Cc2cccc(n2)C1. The summed E-state index contributed by atoms with van der Waals surface area (Å²) in [6.45, 7) is 11.1. The number of hydrogen-bond acceptors (Lipinski definition) is 6. The summed E-state index contributed by atoms with van der Waals surface area (Å²) < 4.78 is 5.48. The van der Waals surface area contributed by atoms with Gasteiger partial charge in [-0.1, -0.05) is 6.07 Å². The minimum atomic E-state index is -0.439. The number of pyridine rings is 1. The fraction of sp³-hybridized carbons (Fsp3) is 0.684. The van der Waals surface area contributed by atoms with Crippen molar-refractivity contribution in [2.75, 3.05) is 46.8 Å². The summed E-state index contributed by atoms with van der Waals surface area (Å²) in [6, 6.07) is 6.23. The molecule has 0 atom stereocenters. The fourth-order valence-electron chi connectivity index (χ4n) is 2.87. The number of aromatic nitrogens is 1. The van der Waals surface area contributed by atoms with E-state index in [-0.39, 0.29) is 5.97 Å². The zero-order chi connectivity index (χ0) is 18.4. The van der Waals surface area contributed by atoms with E-state index in [0.717, 1.165) is 50.7 Å². The van der Waals surface area contributed by atoms with Crippen LogP contribution in [0.5, 0.6) is 0 Å². The zero-order valence-corrected chi connectivity index (χ0v) is 16.3. The molecular formula is C19H32N4O2. The van der Waals surface area contributed by atoms with Gasteiger partial charge in [-0.05, 0) is 47.0 Å². The van der Waals surface area contributed by atoms with Crippen LogP contribution >= 0.6 is 0 Å². The van der Waals surface area contributed by atoms with Crippen molar-refractivity contribution in [2.45, 2.75) is 39.5 Å². The Labute approximate surface area is 151 Å². The molecule has 0 aromatic carbocycles. The lowest BCUT2D eigenvalue weighted by Gasteiger charge is -2.29. The molecule has 2 heterocycles. The number of likely N-dealkylation sites (N-methyl/N-ethyl adjacent to an activating group) is 2. The lowest BCUT2D eigenvalue weighted by molar-refractivity contribution is -0.156. The van der Waals surface area contributed by atoms with Crippen LogP contribution in [0.1, 0.15) is 32.2 Å². The van der Waals surface area contributed by atoms with Crippen molar-refractivity contribution in [3.8, 4) is 0 Å². The lowest BCUT2D eigenvalue weighted by Crippen LogP contribution is -2.42. The molecule has 2 bridgehead atoms. The van der Waals surface area contributed by atoms with Gasteiger partial charge in [0.15, 0.2) is 0 Å². The predicted octanol–water partition coefficient (Wildman–Crippen LogP) is 1.60. The van der Waals surface area contributed by atoms with E-state index in [0.29, 0.717) is 6.54 Å². The molecule has 6 heteroatoms. The Bertz CT molecular complexity index is 540. The third-order valence-electron chi connectivity index (χ3n) is 4.10. The van der Waals surface area contributed by atoms with Crippen molar-refractivity contribution < 1.29 is 9.53 Å². The van der Waals surface area contributed by atoms with Crippen LogP contribution in [0.25, 0.3) is 0 Å². The van der Waals surface area contributed by atoms with Crippen LogP contribution in [0.3, 0.4) is 0 Å². The van der Waals surface area contributed by atoms with Crippen LogP contribution in [-0.4, -0.2) is 78.1 Å². The number of fused-ring (bicyclic) bond motifs is 2. The Balaban J connectivity index is 2.02. The van der Waals surface area contributed by atoms with E-state index in [1.165, 1.54) is 0 Å². The molecule has 2 rings (SSSR count). The molecule has 0 fully saturated rings. The second-order valence-electron chi connectivity index (χ2n) is 7.96. The third-order valence-corrected chi connectivity index (χ3v) is 4.10. The van der Waals surface area contributed by atoms with E-state index in [1.54, 1.807) is 0 Å². The van der Waals surface area contributed by atoms with Crippen LogP contribution in [0, 0.1) is 0 Å². The first-order valence-electron chi connectivity index (χ1n) is 8.97. The average Bonchev–Trinajstić information content (AvgIpc) is 2.47. The summed E-state index contributed by atoms with van der Waals surface area (Å²) in [6.07, 6.45) is 0. The zero-order valence-electron chi connectivity index (χ0n) is 16.3. The average molecular weight is 348 g/mol. The Kier molecular flexibility index (Phi) is 6.93. The van der Waals surface area contributed by atoms with Crippen molar-refractivity contribution in [3.63, 3.8) is 0 Å². The van der Waals surface area contributed by atoms with Gasteiger partial charge < -0.3 is 4.74 Å². The molecule has 1 aliphatic heterocycles. The van der Waals surface area contributed by atoms with E-state index < -0.39 is 5.60 Å². The largest absolute Gasteiger partial charge is 0.459 e. The van der Waals surface area contributed by atoms with E-state index >= 15 is 0 Å². The molecule has 6 nitrogen and oxygen atoms in total. The minimum Gasteiger partial charge on any atom is -0.459 e. The molecule has 25 heavy (non-hydrogen) atoms. The number of carbonyl (C=O) groups excluding carboxylic acids is 1. The Hall–Kier alpha value is -1.50. The van der Waals surface area contributed by atoms with Gasteiger partial charge >= 0.3 is 5.97 Å². The predicted molar refractivity (Wildman–Crippen MR) is 99.2 cm³/mol. The molecule has 1 aliphatic rings. The quantitative estimate of drug-likeness (QED) is 0.757. The van der Waals surface area contributed by atoms with Crippen LogP contribution in [0.2, 0.25) is 0 Å². The third kappa shape index (κ3) is 7.50. The van der Waals surface area contributed by atoms with E-state index in [9.17, 15) is 4.79 Å². The standard InChI is InChI=1S/C19H32N4O2/c1-19(2,3)25-18(24)15-23-11-9-21(4)13-16-7-6-8-17(20-16)14-22(5)10-12-23/h6-8H,9-15H2,1-5H3. The molecule has 0 saturated heterocycles. The maximum atomic E-state index is 12.2. The highest BCUT2D eigenvalue weighted by atomic mass is 16.6. The van der Waals surface area contributed by atoms with Gasteiger partial charge in [0, 0.05) is 39.3 Å². The smallest absolute Gasteiger partial charge is 0.320 e. The highest BCUT2D eigenvalue weighted by Crippen LogP contribution is 2.09. The topological polar surface area (TPSA) is 48.9 Å². The second kappa shape index (κ2) is 8.74. The summed E-state index contributed by atoms with van der Waals surface area (Å²) in [5.41, 5.74) is 1.74. The normalized spacial score (nSPS) is 19.1. The van der Waals surface area contributed by atoms with E-state index in [2.05, 4.69) is 47.0 Å². The van der Waals surface area contributed by atoms with E-state index in [1.807, 2.05) is 20.8 Å². The Morgan fingerprint density at radius 2 is 1.56 bits per heavy atom. The van der Waals surface area contributed by atoms with Gasteiger partial charge in [0.1, 0.15) is 5.60 Å². The molecular weight excluding hydrogens is 316 g/mol. The molecule has 1 aromatic rings. The first-order valence-corrected chi connectivity index (χ1v) is 8.97. The van der Waals surface area contributed by atoms with Gasteiger partial charge in [0.25, 0.3) is 0 Å². The maximum absolute atomic E-state index is 12.2. The number of rotatable bonds is 2. The highest BCUT2D eigenvalue weighted by Gasteiger charge is 2.20. The molecule has 1 aromatic heterocycles. The molecule has 0 amide bonds. The second-order valence-corrected chi connectivity index (χ2v) is 7.96. The molecule has 0 N–H and O–H groups in total. The summed E-state index contributed by atoms with van der Waals surface area (Å²) in [5, 5.41) is 0. The van der Waals surface area contributed by atoms with Gasteiger partial charge in [-0.3, -0.25) is 24.5 Å². The molecule has 140 valence electrons. The van der Waals surface area contributed by atoms with Crippen molar-refractivity contribution in [1.29, 1.82) is 0 Å². The Morgan fingerprint density at radius 1 is 1.04 bits per heavy atom. The highest BCUT2D eigenvalue weighted by molar-refractivity contribution is 5.72. The number of nitrogens with zero attached hydrogens (tertiary/aromatic N) is 4. The van der Waals surface area contributed by atoms with Gasteiger partial charge in [-0.2, -0.15) is 0 Å². The van der Waals surface area contributed by atoms with Crippen LogP contribution in [0.15, 0.2) is 18.2 Å². The van der Waals surface area contributed by atoms with E-state index in [4.69, 9.17) is 9.72 Å². The monoisotopic (exact) mass is 348 g/mol. The van der Waals surface area contributed by atoms with Gasteiger partial charge in [0.2, 0.25) is 0 Å². The lowest BCUT2D eigenvalue weighted by atomic mass is 10.2. The van der Waals surface area contributed by atoms with Gasteiger partial charge in [-0.25, -0.2) is 0 Å². The van der Waals surface area contributed by atoms with Crippen LogP contribution in [-0.2, 0) is 22.6 Å². The molecule has 0 saturated carbocycles.